The first-order valence-electron chi connectivity index (χ1n) is 6.35. The number of benzene rings is 1. The molecule has 0 saturated heterocycles. The topological polar surface area (TPSA) is 49.3 Å². The van der Waals surface area contributed by atoms with Crippen LogP contribution in [0, 0.1) is 11.2 Å². The van der Waals surface area contributed by atoms with Crippen LogP contribution in [-0.2, 0) is 10.2 Å². The summed E-state index contributed by atoms with van der Waals surface area (Å²) < 4.78 is 13.2. The molecule has 0 unspecified atom stereocenters. The van der Waals surface area contributed by atoms with E-state index in [4.69, 9.17) is 5.11 Å². The Morgan fingerprint density at radius 2 is 1.89 bits per heavy atom. The molecule has 2 N–H and O–H groups in total. The quantitative estimate of drug-likeness (QED) is 0.833. The zero-order chi connectivity index (χ0) is 14.7. The van der Waals surface area contributed by atoms with E-state index in [2.05, 4.69) is 5.32 Å². The first-order chi connectivity index (χ1) is 8.65. The van der Waals surface area contributed by atoms with Crippen LogP contribution < -0.4 is 5.32 Å². The SMILES string of the molecule is CC(C)(CNCC(C)(C)c1cccc(F)c1)C(=O)O. The van der Waals surface area contributed by atoms with Crippen molar-refractivity contribution in [3.05, 3.63) is 35.6 Å². The molecule has 1 aromatic rings. The Balaban J connectivity index is 2.64. The second-order valence-corrected chi connectivity index (χ2v) is 6.19. The van der Waals surface area contributed by atoms with Crippen molar-refractivity contribution in [2.24, 2.45) is 5.41 Å². The molecule has 0 saturated carbocycles. The lowest BCUT2D eigenvalue weighted by atomic mass is 9.84. The molecule has 0 aliphatic carbocycles. The number of hydrogen-bond acceptors (Lipinski definition) is 2. The Labute approximate surface area is 113 Å². The fourth-order valence-corrected chi connectivity index (χ4v) is 1.77. The van der Waals surface area contributed by atoms with E-state index in [0.29, 0.717) is 13.1 Å². The summed E-state index contributed by atoms with van der Waals surface area (Å²) in [6.07, 6.45) is 0. The summed E-state index contributed by atoms with van der Waals surface area (Å²) in [5.41, 5.74) is -0.164. The van der Waals surface area contributed by atoms with Gasteiger partial charge in [-0.3, -0.25) is 4.79 Å². The fraction of sp³-hybridized carbons (Fsp3) is 0.533. The van der Waals surface area contributed by atoms with E-state index in [1.807, 2.05) is 19.9 Å². The lowest BCUT2D eigenvalue weighted by Gasteiger charge is -2.28. The van der Waals surface area contributed by atoms with E-state index in [-0.39, 0.29) is 11.2 Å². The molecule has 3 nitrogen and oxygen atoms in total. The first kappa shape index (κ1) is 15.6. The molecule has 0 atom stereocenters. The maximum Gasteiger partial charge on any atom is 0.310 e. The number of hydrogen-bond donors (Lipinski definition) is 2. The Bertz CT molecular complexity index is 455. The second kappa shape index (κ2) is 5.70. The van der Waals surface area contributed by atoms with Crippen LogP contribution >= 0.6 is 0 Å². The van der Waals surface area contributed by atoms with Crippen LogP contribution in [0.5, 0.6) is 0 Å². The summed E-state index contributed by atoms with van der Waals surface area (Å²) in [6.45, 7) is 8.33. The van der Waals surface area contributed by atoms with Gasteiger partial charge in [-0.15, -0.1) is 0 Å². The van der Waals surface area contributed by atoms with Crippen molar-refractivity contribution in [1.82, 2.24) is 5.32 Å². The van der Waals surface area contributed by atoms with E-state index in [1.54, 1.807) is 19.9 Å². The lowest BCUT2D eigenvalue weighted by molar-refractivity contribution is -0.146. The molecule has 19 heavy (non-hydrogen) atoms. The maximum absolute atomic E-state index is 13.2. The molecule has 1 rings (SSSR count). The third kappa shape index (κ3) is 4.31. The number of carboxylic acid groups (broad SMARTS) is 1. The summed E-state index contributed by atoms with van der Waals surface area (Å²) in [5.74, 6) is -1.08. The van der Waals surface area contributed by atoms with E-state index < -0.39 is 11.4 Å². The molecular formula is C15H22FNO2. The Kier molecular flexibility index (Phi) is 4.69. The molecule has 106 valence electrons. The molecule has 4 heteroatoms. The van der Waals surface area contributed by atoms with Crippen molar-refractivity contribution in [3.63, 3.8) is 0 Å². The largest absolute Gasteiger partial charge is 0.481 e. The number of carbonyl (C=O) groups is 1. The molecule has 0 fully saturated rings. The molecule has 0 bridgehead atoms. The van der Waals surface area contributed by atoms with Crippen molar-refractivity contribution in [1.29, 1.82) is 0 Å². The van der Waals surface area contributed by atoms with Crippen LogP contribution in [0.25, 0.3) is 0 Å². The lowest BCUT2D eigenvalue weighted by Crippen LogP contribution is -2.41. The normalized spacial score (nSPS) is 12.5. The minimum absolute atomic E-state index is 0.253. The highest BCUT2D eigenvalue weighted by molar-refractivity contribution is 5.73. The Hall–Kier alpha value is -1.42. The number of nitrogens with one attached hydrogen (secondary N) is 1. The highest BCUT2D eigenvalue weighted by Crippen LogP contribution is 2.23. The van der Waals surface area contributed by atoms with Crippen molar-refractivity contribution in [2.75, 3.05) is 13.1 Å². The summed E-state index contributed by atoms with van der Waals surface area (Å²) in [6, 6.07) is 6.51. The minimum Gasteiger partial charge on any atom is -0.481 e. The number of rotatable bonds is 6. The van der Waals surface area contributed by atoms with Gasteiger partial charge < -0.3 is 10.4 Å². The van der Waals surface area contributed by atoms with E-state index in [1.165, 1.54) is 12.1 Å². The van der Waals surface area contributed by atoms with Gasteiger partial charge in [0, 0.05) is 18.5 Å². The van der Waals surface area contributed by atoms with Gasteiger partial charge in [-0.05, 0) is 31.5 Å². The van der Waals surface area contributed by atoms with Gasteiger partial charge in [0.1, 0.15) is 5.82 Å². The Morgan fingerprint density at radius 3 is 2.42 bits per heavy atom. The number of carboxylic acids is 1. The minimum atomic E-state index is -0.830. The number of halogens is 1. The fourth-order valence-electron chi connectivity index (χ4n) is 1.77. The third-order valence-electron chi connectivity index (χ3n) is 3.32. The van der Waals surface area contributed by atoms with Crippen LogP contribution in [0.1, 0.15) is 33.3 Å². The molecule has 1 aromatic carbocycles. The molecule has 0 aliphatic heterocycles. The highest BCUT2D eigenvalue weighted by Gasteiger charge is 2.28. The van der Waals surface area contributed by atoms with Crippen molar-refractivity contribution in [3.8, 4) is 0 Å². The van der Waals surface area contributed by atoms with E-state index >= 15 is 0 Å². The number of aliphatic carboxylic acids is 1. The van der Waals surface area contributed by atoms with Crippen molar-refractivity contribution in [2.45, 2.75) is 33.1 Å². The van der Waals surface area contributed by atoms with Gasteiger partial charge in [0.2, 0.25) is 0 Å². The summed E-state index contributed by atoms with van der Waals surface area (Å²) in [5, 5.41) is 12.2. The molecule has 0 aromatic heterocycles. The van der Waals surface area contributed by atoms with Gasteiger partial charge in [0.25, 0.3) is 0 Å². The monoisotopic (exact) mass is 267 g/mol. The predicted octanol–water partition coefficient (Wildman–Crippen LogP) is 2.80. The molecule has 0 aliphatic rings. The van der Waals surface area contributed by atoms with Gasteiger partial charge in [-0.2, -0.15) is 0 Å². The van der Waals surface area contributed by atoms with Crippen LogP contribution in [-0.4, -0.2) is 24.2 Å². The highest BCUT2D eigenvalue weighted by atomic mass is 19.1. The standard InChI is InChI=1S/C15H22FNO2/c1-14(2,11-6-5-7-12(16)8-11)9-17-10-15(3,4)13(18)19/h5-8,17H,9-10H2,1-4H3,(H,18,19). The third-order valence-corrected chi connectivity index (χ3v) is 3.32. The zero-order valence-corrected chi connectivity index (χ0v) is 12.0. The Morgan fingerprint density at radius 1 is 1.26 bits per heavy atom. The first-order valence-corrected chi connectivity index (χ1v) is 6.35. The molecule has 0 amide bonds. The average Bonchev–Trinajstić information content (AvgIpc) is 2.28. The maximum atomic E-state index is 13.2. The summed E-state index contributed by atoms with van der Waals surface area (Å²) in [7, 11) is 0. The summed E-state index contributed by atoms with van der Waals surface area (Å²) in [4.78, 5) is 11.0. The van der Waals surface area contributed by atoms with Gasteiger partial charge in [0.15, 0.2) is 0 Å². The van der Waals surface area contributed by atoms with Crippen LogP contribution in [0.2, 0.25) is 0 Å². The predicted molar refractivity (Wildman–Crippen MR) is 73.7 cm³/mol. The van der Waals surface area contributed by atoms with E-state index in [9.17, 15) is 9.18 Å². The second-order valence-electron chi connectivity index (χ2n) is 6.19. The molecule has 0 heterocycles. The average molecular weight is 267 g/mol. The van der Waals surface area contributed by atoms with Crippen LogP contribution in [0.3, 0.4) is 0 Å². The zero-order valence-electron chi connectivity index (χ0n) is 12.0. The molecule has 0 radical (unpaired) electrons. The van der Waals surface area contributed by atoms with Gasteiger partial charge >= 0.3 is 5.97 Å². The van der Waals surface area contributed by atoms with Gasteiger partial charge in [-0.1, -0.05) is 26.0 Å². The van der Waals surface area contributed by atoms with Crippen molar-refractivity contribution >= 4 is 5.97 Å². The van der Waals surface area contributed by atoms with Crippen LogP contribution in [0.15, 0.2) is 24.3 Å². The van der Waals surface area contributed by atoms with Crippen LogP contribution in [0.4, 0.5) is 4.39 Å². The van der Waals surface area contributed by atoms with Crippen molar-refractivity contribution < 1.29 is 14.3 Å². The molecule has 0 spiro atoms. The summed E-state index contributed by atoms with van der Waals surface area (Å²) >= 11 is 0. The van der Waals surface area contributed by atoms with Gasteiger partial charge in [0.05, 0.1) is 5.41 Å². The van der Waals surface area contributed by atoms with E-state index in [0.717, 1.165) is 5.56 Å². The molecular weight excluding hydrogens is 245 g/mol. The smallest absolute Gasteiger partial charge is 0.310 e. The van der Waals surface area contributed by atoms with Gasteiger partial charge in [-0.25, -0.2) is 4.39 Å².